The lowest BCUT2D eigenvalue weighted by molar-refractivity contribution is -0.139. The molecule has 0 aromatic carbocycles. The van der Waals surface area contributed by atoms with Gasteiger partial charge >= 0.3 is 5.97 Å². The largest absolute Gasteiger partial charge is 0.465 e. The highest BCUT2D eigenvalue weighted by Gasteiger charge is 2.57. The second-order valence-corrected chi connectivity index (χ2v) is 8.03. The van der Waals surface area contributed by atoms with E-state index in [0.29, 0.717) is 16.1 Å². The third-order valence-corrected chi connectivity index (χ3v) is 6.31. The van der Waals surface area contributed by atoms with Gasteiger partial charge < -0.3 is 15.4 Å². The zero-order chi connectivity index (χ0) is 16.3. The number of halogens is 1. The first-order valence-corrected chi connectivity index (χ1v) is 9.57. The maximum Gasteiger partial charge on any atom is 0.316 e. The van der Waals surface area contributed by atoms with Crippen LogP contribution in [0, 0.1) is 11.3 Å². The van der Waals surface area contributed by atoms with Crippen LogP contribution in [0.1, 0.15) is 26.2 Å². The molecule has 2 aliphatic rings. The van der Waals surface area contributed by atoms with Crippen LogP contribution in [0.2, 0.25) is 0 Å². The number of aromatic nitrogens is 2. The number of ether oxygens (including phenoxy) is 1. The van der Waals surface area contributed by atoms with Crippen LogP contribution in [0.3, 0.4) is 0 Å². The van der Waals surface area contributed by atoms with Gasteiger partial charge in [0.25, 0.3) is 0 Å². The van der Waals surface area contributed by atoms with E-state index in [-0.39, 0.29) is 41.4 Å². The van der Waals surface area contributed by atoms with Gasteiger partial charge in [0.15, 0.2) is 4.34 Å². The molecule has 2 fully saturated rings. The molecule has 1 unspecified atom stereocenters. The topological polar surface area (TPSA) is 93.2 Å². The Kier molecular flexibility index (Phi) is 6.85. The van der Waals surface area contributed by atoms with Gasteiger partial charge in [-0.2, -0.15) is 0 Å². The molecule has 1 spiro atoms. The Bertz CT molecular complexity index is 592. The molecule has 24 heavy (non-hydrogen) atoms. The normalized spacial score (nSPS) is 21.0. The molecule has 1 saturated heterocycles. The van der Waals surface area contributed by atoms with Crippen LogP contribution in [0.5, 0.6) is 0 Å². The summed E-state index contributed by atoms with van der Waals surface area (Å²) >= 11 is 2.56. The van der Waals surface area contributed by atoms with Gasteiger partial charge in [0, 0.05) is 5.92 Å². The minimum absolute atomic E-state index is 0. The predicted octanol–water partition coefficient (Wildman–Crippen LogP) is 1.94. The zero-order valence-corrected chi connectivity index (χ0v) is 15.8. The van der Waals surface area contributed by atoms with Gasteiger partial charge in [-0.3, -0.25) is 9.59 Å². The molecule has 1 aliphatic heterocycles. The fraction of sp³-hybridized carbons (Fsp3) is 0.714. The lowest BCUT2D eigenvalue weighted by atomic mass is 9.92. The van der Waals surface area contributed by atoms with Crippen molar-refractivity contribution in [3.05, 3.63) is 0 Å². The lowest BCUT2D eigenvalue weighted by Crippen LogP contribution is -2.31. The van der Waals surface area contributed by atoms with E-state index >= 15 is 0 Å². The first kappa shape index (κ1) is 19.4. The maximum absolute atomic E-state index is 12.3. The van der Waals surface area contributed by atoms with Crippen molar-refractivity contribution in [3.63, 3.8) is 0 Å². The summed E-state index contributed by atoms with van der Waals surface area (Å²) in [5.41, 5.74) is 0.210. The van der Waals surface area contributed by atoms with Crippen molar-refractivity contribution < 1.29 is 14.3 Å². The van der Waals surface area contributed by atoms with E-state index in [1.807, 2.05) is 0 Å². The molecule has 1 aromatic heterocycles. The van der Waals surface area contributed by atoms with Gasteiger partial charge in [-0.25, -0.2) is 0 Å². The molecule has 134 valence electrons. The van der Waals surface area contributed by atoms with Crippen molar-refractivity contribution >= 4 is 52.5 Å². The van der Waals surface area contributed by atoms with Crippen LogP contribution in [0.25, 0.3) is 0 Å². The average molecular weight is 393 g/mol. The van der Waals surface area contributed by atoms with Gasteiger partial charge in [0.05, 0.1) is 12.4 Å². The molecule has 1 saturated carbocycles. The van der Waals surface area contributed by atoms with Crippen molar-refractivity contribution in [2.24, 2.45) is 11.3 Å². The van der Waals surface area contributed by atoms with Gasteiger partial charge in [0.2, 0.25) is 11.0 Å². The van der Waals surface area contributed by atoms with E-state index in [1.54, 1.807) is 6.92 Å². The third-order valence-electron chi connectivity index (χ3n) is 4.36. The summed E-state index contributed by atoms with van der Waals surface area (Å²) < 4.78 is 5.51. The highest BCUT2D eigenvalue weighted by molar-refractivity contribution is 8.01. The predicted molar refractivity (Wildman–Crippen MR) is 95.8 cm³/mol. The van der Waals surface area contributed by atoms with E-state index in [2.05, 4.69) is 20.8 Å². The Morgan fingerprint density at radius 2 is 2.17 bits per heavy atom. The average Bonchev–Trinajstić information content (AvgIpc) is 3.04. The van der Waals surface area contributed by atoms with Gasteiger partial charge in [-0.1, -0.05) is 23.1 Å². The molecule has 0 radical (unpaired) electrons. The summed E-state index contributed by atoms with van der Waals surface area (Å²) in [5, 5.41) is 14.7. The first-order chi connectivity index (χ1) is 11.1. The number of carbonyl (C=O) groups excluding carboxylic acids is 2. The summed E-state index contributed by atoms with van der Waals surface area (Å²) in [7, 11) is 0. The smallest absolute Gasteiger partial charge is 0.316 e. The van der Waals surface area contributed by atoms with Crippen LogP contribution >= 0.6 is 35.5 Å². The van der Waals surface area contributed by atoms with Crippen LogP contribution in [0.15, 0.2) is 4.34 Å². The fourth-order valence-corrected chi connectivity index (χ4v) is 4.58. The summed E-state index contributed by atoms with van der Waals surface area (Å²) in [6.45, 7) is 4.14. The van der Waals surface area contributed by atoms with Gasteiger partial charge in [0.1, 0.15) is 0 Å². The molecular weight excluding hydrogens is 372 g/mol. The molecule has 2 heterocycles. The van der Waals surface area contributed by atoms with Gasteiger partial charge in [-0.05, 0) is 44.7 Å². The van der Waals surface area contributed by atoms with E-state index < -0.39 is 0 Å². The number of nitrogens with zero attached hydrogens (tertiary/aromatic N) is 2. The highest BCUT2D eigenvalue weighted by atomic mass is 35.5. The zero-order valence-electron chi connectivity index (χ0n) is 13.4. The number of anilines is 1. The summed E-state index contributed by atoms with van der Waals surface area (Å²) in [6.07, 6.45) is 3.12. The SMILES string of the molecule is CCOC(=O)CSc1nnc(NC(=O)C2CC23CCNCC3)s1.Cl. The molecule has 3 rings (SSSR count). The summed E-state index contributed by atoms with van der Waals surface area (Å²) in [6, 6.07) is 0. The molecule has 7 nitrogen and oxygen atoms in total. The number of carbonyl (C=O) groups is 2. The second-order valence-electron chi connectivity index (χ2n) is 5.83. The summed E-state index contributed by atoms with van der Waals surface area (Å²) in [5.74, 6) is 0.0769. The minimum atomic E-state index is -0.274. The Morgan fingerprint density at radius 3 is 2.88 bits per heavy atom. The standard InChI is InChI=1S/C14H20N4O3S2.ClH/c1-2-21-10(19)8-22-13-18-17-12(23-13)16-11(20)9-7-14(9)3-5-15-6-4-14;/h9,15H,2-8H2,1H3,(H,16,17,20);1H. The Hall–Kier alpha value is -0.900. The number of hydrogen-bond acceptors (Lipinski definition) is 8. The van der Waals surface area contributed by atoms with Crippen molar-refractivity contribution in [3.8, 4) is 0 Å². The minimum Gasteiger partial charge on any atom is -0.465 e. The Labute approximate surface area is 155 Å². The number of amides is 1. The first-order valence-electron chi connectivity index (χ1n) is 7.76. The van der Waals surface area contributed by atoms with E-state index in [0.717, 1.165) is 32.4 Å². The van der Waals surface area contributed by atoms with Crippen LogP contribution in [-0.2, 0) is 14.3 Å². The molecule has 1 amide bonds. The summed E-state index contributed by atoms with van der Waals surface area (Å²) in [4.78, 5) is 23.6. The highest BCUT2D eigenvalue weighted by Crippen LogP contribution is 2.58. The Morgan fingerprint density at radius 1 is 1.42 bits per heavy atom. The van der Waals surface area contributed by atoms with E-state index in [9.17, 15) is 9.59 Å². The van der Waals surface area contributed by atoms with Gasteiger partial charge in [-0.15, -0.1) is 22.6 Å². The third kappa shape index (κ3) is 4.59. The van der Waals surface area contributed by atoms with Crippen LogP contribution < -0.4 is 10.6 Å². The van der Waals surface area contributed by atoms with Crippen molar-refractivity contribution in [2.45, 2.75) is 30.5 Å². The van der Waals surface area contributed by atoms with Crippen molar-refractivity contribution in [1.82, 2.24) is 15.5 Å². The molecule has 1 atom stereocenters. The number of hydrogen-bond donors (Lipinski definition) is 2. The molecule has 10 heteroatoms. The number of piperidine rings is 1. The van der Waals surface area contributed by atoms with Crippen LogP contribution in [0.4, 0.5) is 5.13 Å². The number of nitrogens with one attached hydrogen (secondary N) is 2. The molecular formula is C14H21ClN4O3S2. The second kappa shape index (κ2) is 8.46. The molecule has 0 bridgehead atoms. The molecule has 1 aliphatic carbocycles. The molecule has 2 N–H and O–H groups in total. The Balaban J connectivity index is 0.00000208. The molecule has 1 aromatic rings. The monoisotopic (exact) mass is 392 g/mol. The number of thioether (sulfide) groups is 1. The van der Waals surface area contributed by atoms with Crippen molar-refractivity contribution in [2.75, 3.05) is 30.8 Å². The van der Waals surface area contributed by atoms with Crippen LogP contribution in [-0.4, -0.2) is 47.5 Å². The number of rotatable bonds is 6. The fourth-order valence-electron chi connectivity index (χ4n) is 3.03. The van der Waals surface area contributed by atoms with E-state index in [4.69, 9.17) is 4.74 Å². The van der Waals surface area contributed by atoms with Crippen molar-refractivity contribution in [1.29, 1.82) is 0 Å². The maximum atomic E-state index is 12.3. The quantitative estimate of drug-likeness (QED) is 0.434. The number of esters is 1. The lowest BCUT2D eigenvalue weighted by Gasteiger charge is -2.22. The van der Waals surface area contributed by atoms with E-state index in [1.165, 1.54) is 23.1 Å².